The normalized spacial score (nSPS) is 14.5. The van der Waals surface area contributed by atoms with E-state index in [1.54, 1.807) is 0 Å². The summed E-state index contributed by atoms with van der Waals surface area (Å²) < 4.78 is 1.93. The van der Waals surface area contributed by atoms with E-state index >= 15 is 0 Å². The van der Waals surface area contributed by atoms with E-state index in [9.17, 15) is 4.79 Å². The molecule has 0 spiro atoms. The first-order chi connectivity index (χ1) is 10.6. The van der Waals surface area contributed by atoms with Crippen molar-refractivity contribution in [2.75, 3.05) is 13.1 Å². The van der Waals surface area contributed by atoms with Crippen molar-refractivity contribution in [1.29, 1.82) is 0 Å². The molecule has 0 unspecified atom stereocenters. The summed E-state index contributed by atoms with van der Waals surface area (Å²) in [4.78, 5) is 14.5. The fraction of sp³-hybridized carbons (Fsp3) is 0.444. The molecule has 1 aromatic heterocycles. The second kappa shape index (κ2) is 6.34. The standard InChI is InChI=1S/C18H23N3O/c1-14-13-15(2)21(19-14)12-9-18(22)20-10-7-16-5-3-4-6-17(16)8-11-20/h3-6,13H,7-12H2,1-2H3. The van der Waals surface area contributed by atoms with Crippen molar-refractivity contribution in [3.63, 3.8) is 0 Å². The van der Waals surface area contributed by atoms with Crippen molar-refractivity contribution >= 4 is 5.91 Å². The lowest BCUT2D eigenvalue weighted by molar-refractivity contribution is -0.131. The molecule has 2 heterocycles. The molecule has 0 bridgehead atoms. The molecule has 1 aromatic carbocycles. The number of benzene rings is 1. The second-order valence-electron chi connectivity index (χ2n) is 6.05. The van der Waals surface area contributed by atoms with Gasteiger partial charge < -0.3 is 4.90 Å². The van der Waals surface area contributed by atoms with Crippen LogP contribution in [0.1, 0.15) is 28.9 Å². The van der Waals surface area contributed by atoms with E-state index in [0.717, 1.165) is 37.3 Å². The van der Waals surface area contributed by atoms with Gasteiger partial charge in [0.2, 0.25) is 5.91 Å². The molecule has 0 saturated heterocycles. The Hall–Kier alpha value is -2.10. The maximum atomic E-state index is 12.5. The highest BCUT2D eigenvalue weighted by atomic mass is 16.2. The predicted molar refractivity (Wildman–Crippen MR) is 86.7 cm³/mol. The summed E-state index contributed by atoms with van der Waals surface area (Å²) in [5.41, 5.74) is 4.90. The zero-order valence-corrected chi connectivity index (χ0v) is 13.4. The average Bonchev–Trinajstić information content (AvgIpc) is 2.72. The molecule has 0 atom stereocenters. The number of amides is 1. The molecule has 1 aliphatic rings. The molecule has 22 heavy (non-hydrogen) atoms. The molecule has 0 saturated carbocycles. The van der Waals surface area contributed by atoms with Gasteiger partial charge in [0.25, 0.3) is 0 Å². The number of aromatic nitrogens is 2. The zero-order valence-electron chi connectivity index (χ0n) is 13.4. The Morgan fingerprint density at radius 3 is 2.32 bits per heavy atom. The maximum absolute atomic E-state index is 12.5. The first-order valence-corrected chi connectivity index (χ1v) is 7.99. The fourth-order valence-electron chi connectivity index (χ4n) is 3.18. The van der Waals surface area contributed by atoms with Gasteiger partial charge >= 0.3 is 0 Å². The molecule has 4 nitrogen and oxygen atoms in total. The van der Waals surface area contributed by atoms with Crippen LogP contribution in [0.15, 0.2) is 30.3 Å². The number of hydrogen-bond acceptors (Lipinski definition) is 2. The number of aryl methyl sites for hydroxylation is 3. The minimum Gasteiger partial charge on any atom is -0.342 e. The highest BCUT2D eigenvalue weighted by Crippen LogP contribution is 2.16. The molecule has 116 valence electrons. The molecular formula is C18H23N3O. The number of carbonyl (C=O) groups is 1. The predicted octanol–water partition coefficient (Wildman–Crippen LogP) is 2.52. The van der Waals surface area contributed by atoms with Crippen LogP contribution >= 0.6 is 0 Å². The van der Waals surface area contributed by atoms with Crippen LogP contribution in [0.4, 0.5) is 0 Å². The van der Waals surface area contributed by atoms with Gasteiger partial charge in [0.1, 0.15) is 0 Å². The van der Waals surface area contributed by atoms with Crippen molar-refractivity contribution in [3.8, 4) is 0 Å². The van der Waals surface area contributed by atoms with Gasteiger partial charge in [-0.1, -0.05) is 24.3 Å². The van der Waals surface area contributed by atoms with Crippen molar-refractivity contribution in [3.05, 3.63) is 52.8 Å². The van der Waals surface area contributed by atoms with Crippen LogP contribution in [0.2, 0.25) is 0 Å². The first kappa shape index (κ1) is 14.8. The van der Waals surface area contributed by atoms with E-state index in [4.69, 9.17) is 0 Å². The Kier molecular flexibility index (Phi) is 4.27. The number of carbonyl (C=O) groups excluding carboxylic acids is 1. The van der Waals surface area contributed by atoms with Crippen molar-refractivity contribution in [2.45, 2.75) is 39.7 Å². The molecule has 3 rings (SSSR count). The van der Waals surface area contributed by atoms with Crippen molar-refractivity contribution in [2.24, 2.45) is 0 Å². The summed E-state index contributed by atoms with van der Waals surface area (Å²) in [6.45, 7) is 6.34. The molecule has 0 fully saturated rings. The topological polar surface area (TPSA) is 38.1 Å². The van der Waals surface area contributed by atoms with Crippen LogP contribution in [0.3, 0.4) is 0 Å². The monoisotopic (exact) mass is 297 g/mol. The van der Waals surface area contributed by atoms with Crippen LogP contribution in [0.25, 0.3) is 0 Å². The Bertz CT molecular complexity index is 648. The molecule has 1 aliphatic heterocycles. The molecule has 0 aliphatic carbocycles. The van der Waals surface area contributed by atoms with E-state index in [0.29, 0.717) is 13.0 Å². The highest BCUT2D eigenvalue weighted by Gasteiger charge is 2.18. The van der Waals surface area contributed by atoms with Crippen LogP contribution < -0.4 is 0 Å². The number of nitrogens with zero attached hydrogens (tertiary/aromatic N) is 3. The molecule has 1 amide bonds. The first-order valence-electron chi connectivity index (χ1n) is 7.99. The van der Waals surface area contributed by atoms with E-state index in [2.05, 4.69) is 29.4 Å². The molecule has 2 aromatic rings. The Labute approximate surface area is 131 Å². The van der Waals surface area contributed by atoms with Gasteiger partial charge in [-0.2, -0.15) is 5.10 Å². The molecule has 0 radical (unpaired) electrons. The van der Waals surface area contributed by atoms with E-state index in [-0.39, 0.29) is 5.91 Å². The quantitative estimate of drug-likeness (QED) is 0.873. The van der Waals surface area contributed by atoms with Crippen LogP contribution in [0, 0.1) is 13.8 Å². The summed E-state index contributed by atoms with van der Waals surface area (Å²) in [6, 6.07) is 10.6. The van der Waals surface area contributed by atoms with Crippen molar-refractivity contribution in [1.82, 2.24) is 14.7 Å². The van der Waals surface area contributed by atoms with Gasteiger partial charge in [0.15, 0.2) is 0 Å². The molecular weight excluding hydrogens is 274 g/mol. The minimum atomic E-state index is 0.236. The SMILES string of the molecule is Cc1cc(C)n(CCC(=O)N2CCc3ccccc3CC2)n1. The smallest absolute Gasteiger partial charge is 0.224 e. The average molecular weight is 297 g/mol. The van der Waals surface area contributed by atoms with Gasteiger partial charge in [-0.05, 0) is 43.9 Å². The summed E-state index contributed by atoms with van der Waals surface area (Å²) in [5.74, 6) is 0.236. The van der Waals surface area contributed by atoms with Crippen LogP contribution in [0.5, 0.6) is 0 Å². The Balaban J connectivity index is 1.58. The summed E-state index contributed by atoms with van der Waals surface area (Å²) in [5, 5.41) is 4.42. The lowest BCUT2D eigenvalue weighted by Crippen LogP contribution is -2.33. The third kappa shape index (κ3) is 3.21. The van der Waals surface area contributed by atoms with Gasteiger partial charge in [0, 0.05) is 31.7 Å². The highest BCUT2D eigenvalue weighted by molar-refractivity contribution is 5.76. The fourth-order valence-corrected chi connectivity index (χ4v) is 3.18. The molecule has 0 N–H and O–H groups in total. The molecule has 4 heteroatoms. The van der Waals surface area contributed by atoms with E-state index < -0.39 is 0 Å². The maximum Gasteiger partial charge on any atom is 0.224 e. The van der Waals surface area contributed by atoms with Gasteiger partial charge in [-0.15, -0.1) is 0 Å². The Morgan fingerprint density at radius 1 is 1.14 bits per heavy atom. The number of hydrogen-bond donors (Lipinski definition) is 0. The third-order valence-electron chi connectivity index (χ3n) is 4.41. The number of fused-ring (bicyclic) bond motifs is 1. The van der Waals surface area contributed by atoms with Gasteiger partial charge in [-0.25, -0.2) is 0 Å². The van der Waals surface area contributed by atoms with Crippen LogP contribution in [-0.4, -0.2) is 33.7 Å². The summed E-state index contributed by atoms with van der Waals surface area (Å²) in [7, 11) is 0. The van der Waals surface area contributed by atoms with Crippen molar-refractivity contribution < 1.29 is 4.79 Å². The lowest BCUT2D eigenvalue weighted by atomic mass is 10.0. The summed E-state index contributed by atoms with van der Waals surface area (Å²) >= 11 is 0. The summed E-state index contributed by atoms with van der Waals surface area (Å²) in [6.07, 6.45) is 2.45. The van der Waals surface area contributed by atoms with Crippen LogP contribution in [-0.2, 0) is 24.2 Å². The zero-order chi connectivity index (χ0) is 15.5. The van der Waals surface area contributed by atoms with Gasteiger partial charge in [0.05, 0.1) is 5.69 Å². The van der Waals surface area contributed by atoms with E-state index in [1.807, 2.05) is 29.5 Å². The lowest BCUT2D eigenvalue weighted by Gasteiger charge is -2.20. The van der Waals surface area contributed by atoms with Gasteiger partial charge in [-0.3, -0.25) is 9.48 Å². The largest absolute Gasteiger partial charge is 0.342 e. The Morgan fingerprint density at radius 2 is 1.77 bits per heavy atom. The minimum absolute atomic E-state index is 0.236. The third-order valence-corrected chi connectivity index (χ3v) is 4.41. The number of rotatable bonds is 3. The second-order valence-corrected chi connectivity index (χ2v) is 6.05. The van der Waals surface area contributed by atoms with E-state index in [1.165, 1.54) is 11.1 Å².